The number of nitrogens with one attached hydrogen (secondary N) is 1. The lowest BCUT2D eigenvalue weighted by molar-refractivity contribution is 0.0696. The van der Waals surface area contributed by atoms with E-state index >= 15 is 0 Å². The lowest BCUT2D eigenvalue weighted by atomic mass is 10.0. The molecule has 0 spiro atoms. The van der Waals surface area contributed by atoms with Crippen LogP contribution in [0.5, 0.6) is 0 Å². The number of benzene rings is 1. The molecule has 2 N–H and O–H groups in total. The molecule has 0 radical (unpaired) electrons. The summed E-state index contributed by atoms with van der Waals surface area (Å²) in [6, 6.07) is 8.09. The van der Waals surface area contributed by atoms with Gasteiger partial charge >= 0.3 is 5.97 Å². The number of carboxylic acids is 1. The third-order valence-corrected chi connectivity index (χ3v) is 6.75. The molecule has 2 heterocycles. The highest BCUT2D eigenvalue weighted by Gasteiger charge is 2.22. The average Bonchev–Trinajstić information content (AvgIpc) is 2.68. The molecule has 30 heavy (non-hydrogen) atoms. The van der Waals surface area contributed by atoms with Crippen LogP contribution in [0.15, 0.2) is 41.4 Å². The van der Waals surface area contributed by atoms with Gasteiger partial charge in [-0.05, 0) is 42.5 Å². The number of carbonyl (C=O) groups is 1. The number of carboxylic acid groups (broad SMARTS) is 1. The zero-order valence-electron chi connectivity index (χ0n) is 17.5. The van der Waals surface area contributed by atoms with E-state index in [1.165, 1.54) is 18.7 Å². The van der Waals surface area contributed by atoms with E-state index in [1.807, 2.05) is 18.7 Å². The first-order valence-electron chi connectivity index (χ1n) is 10.4. The number of aromatic carboxylic acids is 1. The highest BCUT2D eigenvalue weighted by Crippen LogP contribution is 2.29. The number of pyridine rings is 1. The van der Waals surface area contributed by atoms with E-state index in [4.69, 9.17) is 0 Å². The summed E-state index contributed by atoms with van der Waals surface area (Å²) in [6.45, 7) is 5.61. The predicted octanol–water partition coefficient (Wildman–Crippen LogP) is 4.47. The normalized spacial score (nSPS) is 15.5. The van der Waals surface area contributed by atoms with Crippen molar-refractivity contribution in [2.24, 2.45) is 0 Å². The number of hydrogen-bond donors (Lipinski definition) is 2. The molecule has 3 rings (SSSR count). The molecule has 7 nitrogen and oxygen atoms in total. The Morgan fingerprint density at radius 2 is 1.67 bits per heavy atom. The summed E-state index contributed by atoms with van der Waals surface area (Å²) in [5, 5.41) is 9.36. The molecule has 0 amide bonds. The van der Waals surface area contributed by atoms with Gasteiger partial charge in [0.1, 0.15) is 0 Å². The zero-order valence-corrected chi connectivity index (χ0v) is 18.3. The minimum absolute atomic E-state index is 0.0568. The molecule has 1 aliphatic heterocycles. The maximum atomic E-state index is 13.0. The topological polar surface area (TPSA) is 99.6 Å². The van der Waals surface area contributed by atoms with Crippen molar-refractivity contribution in [3.63, 3.8) is 0 Å². The van der Waals surface area contributed by atoms with Crippen molar-refractivity contribution in [3.8, 4) is 0 Å². The van der Waals surface area contributed by atoms with Crippen LogP contribution in [0.1, 0.15) is 67.8 Å². The summed E-state index contributed by atoms with van der Waals surface area (Å²) in [7, 11) is -3.89. The van der Waals surface area contributed by atoms with Crippen molar-refractivity contribution in [2.75, 3.05) is 22.7 Å². The summed E-state index contributed by atoms with van der Waals surface area (Å²) < 4.78 is 28.6. The standard InChI is InChI=1S/C22H29N3O4S/c1-16(2)17-8-10-19(11-9-17)30(28,29)24-20-14-18(22(26)27)15-23-21(20)25-12-6-4-3-5-7-13-25/h8-11,14-16,24H,3-7,12-13H2,1-2H3,(H,26,27). The van der Waals surface area contributed by atoms with Crippen LogP contribution in [0.25, 0.3) is 0 Å². The molecule has 0 saturated carbocycles. The van der Waals surface area contributed by atoms with Gasteiger partial charge < -0.3 is 10.0 Å². The molecule has 0 atom stereocenters. The molecule has 1 aromatic heterocycles. The molecular formula is C22H29N3O4S. The molecule has 0 unspecified atom stereocenters. The van der Waals surface area contributed by atoms with E-state index in [0.717, 1.165) is 44.3 Å². The summed E-state index contributed by atoms with van der Waals surface area (Å²) >= 11 is 0. The van der Waals surface area contributed by atoms with E-state index in [-0.39, 0.29) is 16.1 Å². The van der Waals surface area contributed by atoms with Crippen LogP contribution in [0.2, 0.25) is 0 Å². The first kappa shape index (κ1) is 22.1. The van der Waals surface area contributed by atoms with E-state index in [9.17, 15) is 18.3 Å². The van der Waals surface area contributed by atoms with Crippen molar-refractivity contribution in [1.29, 1.82) is 0 Å². The second-order valence-electron chi connectivity index (χ2n) is 7.98. The van der Waals surface area contributed by atoms with Gasteiger partial charge in [-0.15, -0.1) is 0 Å². The minimum atomic E-state index is -3.89. The molecular weight excluding hydrogens is 402 g/mol. The van der Waals surface area contributed by atoms with Gasteiger partial charge in [0.25, 0.3) is 10.0 Å². The molecule has 0 aliphatic carbocycles. The van der Waals surface area contributed by atoms with E-state index < -0.39 is 16.0 Å². The fraction of sp³-hybridized carbons (Fsp3) is 0.455. The molecule has 1 saturated heterocycles. The number of hydrogen-bond acceptors (Lipinski definition) is 5. The van der Waals surface area contributed by atoms with Crippen LogP contribution in [0.4, 0.5) is 11.5 Å². The summed E-state index contributed by atoms with van der Waals surface area (Å²) in [4.78, 5) is 18.0. The van der Waals surface area contributed by atoms with Gasteiger partial charge in [-0.2, -0.15) is 0 Å². The van der Waals surface area contributed by atoms with Gasteiger partial charge in [0.05, 0.1) is 16.1 Å². The first-order chi connectivity index (χ1) is 14.3. The van der Waals surface area contributed by atoms with Crippen molar-refractivity contribution in [3.05, 3.63) is 47.7 Å². The van der Waals surface area contributed by atoms with Crippen molar-refractivity contribution >= 4 is 27.5 Å². The Morgan fingerprint density at radius 3 is 2.23 bits per heavy atom. The van der Waals surface area contributed by atoms with E-state index in [0.29, 0.717) is 11.7 Å². The van der Waals surface area contributed by atoms with Crippen LogP contribution in [0.3, 0.4) is 0 Å². The SMILES string of the molecule is CC(C)c1ccc(S(=O)(=O)Nc2cc(C(=O)O)cnc2N2CCCCCCC2)cc1. The smallest absolute Gasteiger partial charge is 0.337 e. The zero-order chi connectivity index (χ0) is 21.7. The second kappa shape index (κ2) is 9.47. The predicted molar refractivity (Wildman–Crippen MR) is 118 cm³/mol. The van der Waals surface area contributed by atoms with E-state index in [1.54, 1.807) is 24.3 Å². The Labute approximate surface area is 178 Å². The summed E-state index contributed by atoms with van der Waals surface area (Å²) in [5.74, 6) is -0.377. The second-order valence-corrected chi connectivity index (χ2v) is 9.67. The van der Waals surface area contributed by atoms with Crippen molar-refractivity contribution in [2.45, 2.75) is 56.8 Å². The first-order valence-corrected chi connectivity index (χ1v) is 11.9. The lowest BCUT2D eigenvalue weighted by Gasteiger charge is -2.28. The van der Waals surface area contributed by atoms with Crippen LogP contribution >= 0.6 is 0 Å². The van der Waals surface area contributed by atoms with Gasteiger partial charge in [0, 0.05) is 19.3 Å². The fourth-order valence-corrected chi connectivity index (χ4v) is 4.65. The third-order valence-electron chi connectivity index (χ3n) is 5.37. The molecule has 2 aromatic rings. The van der Waals surface area contributed by atoms with Gasteiger partial charge in [-0.3, -0.25) is 4.72 Å². The molecule has 1 aromatic carbocycles. The average molecular weight is 432 g/mol. The van der Waals surface area contributed by atoms with Crippen molar-refractivity contribution < 1.29 is 18.3 Å². The van der Waals surface area contributed by atoms with Crippen molar-refractivity contribution in [1.82, 2.24) is 4.98 Å². The highest BCUT2D eigenvalue weighted by molar-refractivity contribution is 7.92. The maximum Gasteiger partial charge on any atom is 0.337 e. The van der Waals surface area contributed by atoms with Gasteiger partial charge in [0.2, 0.25) is 0 Å². The number of rotatable bonds is 6. The van der Waals surface area contributed by atoms with Crippen LogP contribution in [0, 0.1) is 0 Å². The monoisotopic (exact) mass is 431 g/mol. The quantitative estimate of drug-likeness (QED) is 0.700. The molecule has 1 fully saturated rings. The Hall–Kier alpha value is -2.61. The molecule has 1 aliphatic rings. The minimum Gasteiger partial charge on any atom is -0.478 e. The summed E-state index contributed by atoms with van der Waals surface area (Å²) in [6.07, 6.45) is 6.70. The number of sulfonamides is 1. The third kappa shape index (κ3) is 5.30. The van der Waals surface area contributed by atoms with Gasteiger partial charge in [0.15, 0.2) is 5.82 Å². The van der Waals surface area contributed by atoms with E-state index in [2.05, 4.69) is 9.71 Å². The Bertz CT molecular complexity index is 980. The van der Waals surface area contributed by atoms with Gasteiger partial charge in [-0.25, -0.2) is 18.2 Å². The van der Waals surface area contributed by atoms with Crippen LogP contribution in [-0.2, 0) is 10.0 Å². The molecule has 8 heteroatoms. The maximum absolute atomic E-state index is 13.0. The Balaban J connectivity index is 1.95. The largest absolute Gasteiger partial charge is 0.478 e. The van der Waals surface area contributed by atoms with Crippen LogP contribution < -0.4 is 9.62 Å². The lowest BCUT2D eigenvalue weighted by Crippen LogP contribution is -2.29. The van der Waals surface area contributed by atoms with Crippen LogP contribution in [-0.4, -0.2) is 37.6 Å². The number of nitrogens with zero attached hydrogens (tertiary/aromatic N) is 2. The fourth-order valence-electron chi connectivity index (χ4n) is 3.60. The molecule has 0 bridgehead atoms. The summed E-state index contributed by atoms with van der Waals surface area (Å²) in [5.41, 5.74) is 1.19. The van der Waals surface area contributed by atoms with Gasteiger partial charge in [-0.1, -0.05) is 45.2 Å². The number of anilines is 2. The Morgan fingerprint density at radius 1 is 1.07 bits per heavy atom. The number of aromatic nitrogens is 1. The highest BCUT2D eigenvalue weighted by atomic mass is 32.2. The molecule has 162 valence electrons. The Kier molecular flexibility index (Phi) is 6.97.